The molecule has 0 amide bonds. The van der Waals surface area contributed by atoms with Crippen molar-refractivity contribution in [1.29, 1.82) is 5.26 Å². The van der Waals surface area contributed by atoms with Crippen molar-refractivity contribution in [3.8, 4) is 6.07 Å². The summed E-state index contributed by atoms with van der Waals surface area (Å²) >= 11 is 0. The minimum Gasteiger partial charge on any atom is -0.383 e. The molecule has 0 aromatic heterocycles. The minimum atomic E-state index is -0.531. The van der Waals surface area contributed by atoms with Crippen molar-refractivity contribution in [2.75, 3.05) is 25.2 Å². The van der Waals surface area contributed by atoms with Crippen molar-refractivity contribution in [2.24, 2.45) is 0 Å². The van der Waals surface area contributed by atoms with E-state index < -0.39 is 4.92 Å². The average Bonchev–Trinajstić information content (AvgIpc) is 2.39. The summed E-state index contributed by atoms with van der Waals surface area (Å²) < 4.78 is 5.10. The third kappa shape index (κ3) is 3.42. The van der Waals surface area contributed by atoms with Crippen molar-refractivity contribution in [1.82, 2.24) is 0 Å². The summed E-state index contributed by atoms with van der Waals surface area (Å²) in [6.07, 6.45) is 0. The van der Waals surface area contributed by atoms with Gasteiger partial charge in [-0.15, -0.1) is 0 Å². The number of rotatable bonds is 6. The molecule has 6 nitrogen and oxygen atoms in total. The van der Waals surface area contributed by atoms with Crippen LogP contribution in [-0.4, -0.2) is 31.2 Å². The largest absolute Gasteiger partial charge is 0.383 e. The summed E-state index contributed by atoms with van der Waals surface area (Å²) in [6, 6.07) is 6.57. The Hall–Kier alpha value is -2.13. The normalized spacial score (nSPS) is 11.7. The van der Waals surface area contributed by atoms with E-state index in [2.05, 4.69) is 0 Å². The number of nitrogens with zero attached hydrogens (tertiary/aromatic N) is 3. The van der Waals surface area contributed by atoms with E-state index >= 15 is 0 Å². The van der Waals surface area contributed by atoms with Crippen LogP contribution < -0.4 is 4.90 Å². The topological polar surface area (TPSA) is 79.4 Å². The fourth-order valence-corrected chi connectivity index (χ4v) is 2.02. The number of ether oxygens (including phenoxy) is 1. The van der Waals surface area contributed by atoms with E-state index in [0.717, 1.165) is 5.69 Å². The van der Waals surface area contributed by atoms with Crippen LogP contribution in [-0.2, 0) is 4.74 Å². The Morgan fingerprint density at radius 3 is 2.74 bits per heavy atom. The van der Waals surface area contributed by atoms with Crippen LogP contribution in [0.3, 0.4) is 0 Å². The zero-order valence-corrected chi connectivity index (χ0v) is 11.3. The molecule has 102 valence electrons. The molecule has 1 aromatic carbocycles. The van der Waals surface area contributed by atoms with Gasteiger partial charge in [0, 0.05) is 31.5 Å². The van der Waals surface area contributed by atoms with E-state index in [4.69, 9.17) is 10.00 Å². The molecule has 0 saturated carbocycles. The van der Waals surface area contributed by atoms with Crippen molar-refractivity contribution >= 4 is 11.4 Å². The molecule has 0 aliphatic carbocycles. The highest BCUT2D eigenvalue weighted by atomic mass is 16.6. The van der Waals surface area contributed by atoms with Crippen LogP contribution >= 0.6 is 0 Å². The highest BCUT2D eigenvalue weighted by Crippen LogP contribution is 2.26. The zero-order chi connectivity index (χ0) is 14.4. The van der Waals surface area contributed by atoms with Crippen LogP contribution in [0.2, 0.25) is 0 Å². The quantitative estimate of drug-likeness (QED) is 0.581. The molecule has 0 fully saturated rings. The molecule has 1 aromatic rings. The van der Waals surface area contributed by atoms with Gasteiger partial charge in [0.2, 0.25) is 0 Å². The van der Waals surface area contributed by atoms with Crippen molar-refractivity contribution in [3.05, 3.63) is 33.9 Å². The number of nitro groups is 1. The first-order valence-corrected chi connectivity index (χ1v) is 5.99. The Balaban J connectivity index is 3.16. The van der Waals surface area contributed by atoms with Crippen LogP contribution in [0, 0.1) is 21.4 Å². The number of methoxy groups -OCH3 is 1. The monoisotopic (exact) mass is 263 g/mol. The summed E-state index contributed by atoms with van der Waals surface area (Å²) in [6.45, 7) is 5.18. The third-order valence-electron chi connectivity index (χ3n) is 2.91. The van der Waals surface area contributed by atoms with Gasteiger partial charge in [-0.3, -0.25) is 10.1 Å². The fourth-order valence-electron chi connectivity index (χ4n) is 2.02. The molecule has 1 unspecified atom stereocenters. The van der Waals surface area contributed by atoms with Crippen LogP contribution in [0.4, 0.5) is 11.4 Å². The summed E-state index contributed by atoms with van der Waals surface area (Å²) in [5.74, 6) is 0. The summed E-state index contributed by atoms with van der Waals surface area (Å²) in [5.41, 5.74) is 0.630. The molecule has 0 aliphatic rings. The van der Waals surface area contributed by atoms with Gasteiger partial charge in [0.05, 0.1) is 11.5 Å². The lowest BCUT2D eigenvalue weighted by atomic mass is 10.1. The second-order valence-electron chi connectivity index (χ2n) is 4.16. The first kappa shape index (κ1) is 14.9. The van der Waals surface area contributed by atoms with Gasteiger partial charge in [0.25, 0.3) is 5.69 Å². The summed E-state index contributed by atoms with van der Waals surface area (Å²) in [4.78, 5) is 12.4. The Kier molecular flexibility index (Phi) is 5.27. The van der Waals surface area contributed by atoms with Gasteiger partial charge in [0.1, 0.15) is 11.6 Å². The molecular formula is C13H17N3O3. The minimum absolute atomic E-state index is 0.0733. The van der Waals surface area contributed by atoms with E-state index in [1.165, 1.54) is 12.1 Å². The second kappa shape index (κ2) is 6.71. The van der Waals surface area contributed by atoms with Gasteiger partial charge in [-0.25, -0.2) is 0 Å². The Bertz CT molecular complexity index is 496. The molecule has 1 atom stereocenters. The van der Waals surface area contributed by atoms with Crippen molar-refractivity contribution in [2.45, 2.75) is 19.9 Å². The Morgan fingerprint density at radius 2 is 2.26 bits per heavy atom. The standard InChI is InChI=1S/C13H17N3O3/c1-4-15(10(2)9-19-3)12-6-5-11(8-14)13(7-12)16(17)18/h5-7,10H,4,9H2,1-3H3. The van der Waals surface area contributed by atoms with E-state index in [0.29, 0.717) is 13.2 Å². The molecule has 0 bridgehead atoms. The predicted octanol–water partition coefficient (Wildman–Crippen LogP) is 2.33. The second-order valence-corrected chi connectivity index (χ2v) is 4.16. The van der Waals surface area contributed by atoms with Gasteiger partial charge >= 0.3 is 0 Å². The van der Waals surface area contributed by atoms with Gasteiger partial charge < -0.3 is 9.64 Å². The maximum absolute atomic E-state index is 11.0. The highest BCUT2D eigenvalue weighted by Gasteiger charge is 2.19. The molecule has 0 saturated heterocycles. The van der Waals surface area contributed by atoms with E-state index in [9.17, 15) is 10.1 Å². The number of nitro benzene ring substituents is 1. The number of benzene rings is 1. The van der Waals surface area contributed by atoms with E-state index in [1.807, 2.05) is 24.8 Å². The lowest BCUT2D eigenvalue weighted by molar-refractivity contribution is -0.385. The molecular weight excluding hydrogens is 246 g/mol. The molecule has 1 rings (SSSR count). The maximum Gasteiger partial charge on any atom is 0.289 e. The third-order valence-corrected chi connectivity index (χ3v) is 2.91. The lowest BCUT2D eigenvalue weighted by Gasteiger charge is -2.29. The zero-order valence-electron chi connectivity index (χ0n) is 11.3. The van der Waals surface area contributed by atoms with Gasteiger partial charge in [-0.1, -0.05) is 0 Å². The molecule has 19 heavy (non-hydrogen) atoms. The Labute approximate surface area is 112 Å². The van der Waals surface area contributed by atoms with E-state index in [-0.39, 0.29) is 17.3 Å². The predicted molar refractivity (Wildman–Crippen MR) is 72.2 cm³/mol. The van der Waals surface area contributed by atoms with Crippen LogP contribution in [0.1, 0.15) is 19.4 Å². The lowest BCUT2D eigenvalue weighted by Crippen LogP contribution is -2.36. The average molecular weight is 263 g/mol. The molecule has 0 spiro atoms. The first-order valence-electron chi connectivity index (χ1n) is 5.99. The SMILES string of the molecule is CCN(c1ccc(C#N)c([N+](=O)[O-])c1)C(C)COC. The van der Waals surface area contributed by atoms with Gasteiger partial charge in [-0.05, 0) is 26.0 Å². The highest BCUT2D eigenvalue weighted by molar-refractivity contribution is 5.60. The Morgan fingerprint density at radius 1 is 1.58 bits per heavy atom. The molecule has 0 radical (unpaired) electrons. The summed E-state index contributed by atoms with van der Waals surface area (Å²) in [7, 11) is 1.62. The molecule has 0 aliphatic heterocycles. The molecule has 0 N–H and O–H groups in total. The van der Waals surface area contributed by atoms with Crippen LogP contribution in [0.5, 0.6) is 0 Å². The number of hydrogen-bond donors (Lipinski definition) is 0. The van der Waals surface area contributed by atoms with Crippen LogP contribution in [0.15, 0.2) is 18.2 Å². The number of nitriles is 1. The van der Waals surface area contributed by atoms with Gasteiger partial charge in [0.15, 0.2) is 0 Å². The fraction of sp³-hybridized carbons (Fsp3) is 0.462. The van der Waals surface area contributed by atoms with Crippen molar-refractivity contribution < 1.29 is 9.66 Å². The van der Waals surface area contributed by atoms with Crippen LogP contribution in [0.25, 0.3) is 0 Å². The maximum atomic E-state index is 11.0. The first-order chi connectivity index (χ1) is 9.04. The molecule has 0 heterocycles. The smallest absolute Gasteiger partial charge is 0.289 e. The number of likely N-dealkylation sites (N-methyl/N-ethyl adjacent to an activating group) is 1. The number of hydrogen-bond acceptors (Lipinski definition) is 5. The molecule has 6 heteroatoms. The van der Waals surface area contributed by atoms with Gasteiger partial charge in [-0.2, -0.15) is 5.26 Å². The number of anilines is 1. The summed E-state index contributed by atoms with van der Waals surface area (Å²) in [5, 5.41) is 19.8. The van der Waals surface area contributed by atoms with Crippen molar-refractivity contribution in [3.63, 3.8) is 0 Å². The van der Waals surface area contributed by atoms with E-state index in [1.54, 1.807) is 13.2 Å².